The van der Waals surface area contributed by atoms with Crippen LogP contribution in [0.1, 0.15) is 11.1 Å². The molecule has 0 radical (unpaired) electrons. The van der Waals surface area contributed by atoms with E-state index in [2.05, 4.69) is 11.8 Å². The van der Waals surface area contributed by atoms with Gasteiger partial charge in [0.2, 0.25) is 10.0 Å². The highest BCUT2D eigenvalue weighted by molar-refractivity contribution is 7.98. The van der Waals surface area contributed by atoms with E-state index in [1.54, 1.807) is 43.9 Å². The molecule has 0 aliphatic heterocycles. The van der Waals surface area contributed by atoms with Gasteiger partial charge in [-0.15, -0.1) is 0 Å². The molecule has 0 spiro atoms. The molecule has 20 heavy (non-hydrogen) atoms. The van der Waals surface area contributed by atoms with Gasteiger partial charge in [0.1, 0.15) is 0 Å². The molecule has 0 saturated carbocycles. The Labute approximate surface area is 125 Å². The molecule has 0 fully saturated rings. The average Bonchev–Trinajstić information content (AvgIpc) is 2.43. The summed E-state index contributed by atoms with van der Waals surface area (Å²) in [4.78, 5) is 0.310. The van der Waals surface area contributed by atoms with Crippen LogP contribution < -0.4 is 5.73 Å². The zero-order chi connectivity index (χ0) is 15.2. The zero-order valence-corrected chi connectivity index (χ0v) is 13.6. The summed E-state index contributed by atoms with van der Waals surface area (Å²) in [5.74, 6) is 6.36. The smallest absolute Gasteiger partial charge is 0.243 e. The second kappa shape index (κ2) is 7.70. The molecule has 0 bridgehead atoms. The summed E-state index contributed by atoms with van der Waals surface area (Å²) in [5.41, 5.74) is 6.72. The lowest BCUT2D eigenvalue weighted by molar-refractivity contribution is 0.488. The maximum atomic E-state index is 12.5. The molecule has 1 aromatic carbocycles. The highest BCUT2D eigenvalue weighted by Gasteiger charge is 2.22. The molecule has 1 rings (SSSR count). The van der Waals surface area contributed by atoms with Crippen molar-refractivity contribution < 1.29 is 8.42 Å². The van der Waals surface area contributed by atoms with Crippen molar-refractivity contribution in [2.75, 3.05) is 32.1 Å². The highest BCUT2D eigenvalue weighted by Crippen LogP contribution is 2.20. The lowest BCUT2D eigenvalue weighted by Gasteiger charge is -2.18. The van der Waals surface area contributed by atoms with Crippen LogP contribution in [0.15, 0.2) is 23.1 Å². The van der Waals surface area contributed by atoms with Crippen LogP contribution in [0.2, 0.25) is 0 Å². The van der Waals surface area contributed by atoms with E-state index in [4.69, 9.17) is 5.73 Å². The second-order valence-electron chi connectivity index (χ2n) is 4.31. The van der Waals surface area contributed by atoms with Gasteiger partial charge in [0.15, 0.2) is 0 Å². The third-order valence-electron chi connectivity index (χ3n) is 2.82. The third-order valence-corrected chi connectivity index (χ3v) is 5.41. The summed E-state index contributed by atoms with van der Waals surface area (Å²) in [6.07, 6.45) is 1.95. The first-order valence-electron chi connectivity index (χ1n) is 6.18. The molecular formula is C14H20N2O2S2. The van der Waals surface area contributed by atoms with Gasteiger partial charge in [-0.1, -0.05) is 17.9 Å². The Kier molecular flexibility index (Phi) is 6.56. The fraction of sp³-hybridized carbons (Fsp3) is 0.429. The molecule has 0 aromatic heterocycles. The number of rotatable bonds is 5. The van der Waals surface area contributed by atoms with E-state index in [1.165, 1.54) is 4.31 Å². The molecule has 0 aliphatic rings. The van der Waals surface area contributed by atoms with Gasteiger partial charge in [0.05, 0.1) is 11.4 Å². The average molecular weight is 312 g/mol. The maximum Gasteiger partial charge on any atom is 0.243 e. The highest BCUT2D eigenvalue weighted by atomic mass is 32.2. The van der Waals surface area contributed by atoms with Crippen LogP contribution in [0.5, 0.6) is 0 Å². The van der Waals surface area contributed by atoms with E-state index in [1.807, 2.05) is 6.26 Å². The molecule has 6 heteroatoms. The Hall–Kier alpha value is -1.00. The first kappa shape index (κ1) is 17.1. The Morgan fingerprint density at radius 3 is 2.70 bits per heavy atom. The SMILES string of the molecule is CSCCN(C)S(=O)(=O)c1cc(C#CCN)ccc1C. The predicted octanol–water partition coefficient (Wildman–Crippen LogP) is 1.29. The first-order chi connectivity index (χ1) is 9.43. The Morgan fingerprint density at radius 1 is 1.40 bits per heavy atom. The summed E-state index contributed by atoms with van der Waals surface area (Å²) >= 11 is 1.62. The van der Waals surface area contributed by atoms with E-state index in [0.717, 1.165) is 11.3 Å². The fourth-order valence-electron chi connectivity index (χ4n) is 1.62. The quantitative estimate of drug-likeness (QED) is 0.832. The Morgan fingerprint density at radius 2 is 2.10 bits per heavy atom. The van der Waals surface area contributed by atoms with Crippen LogP contribution in [0.3, 0.4) is 0 Å². The largest absolute Gasteiger partial charge is 0.320 e. The summed E-state index contributed by atoms with van der Waals surface area (Å²) in [7, 11) is -1.87. The second-order valence-corrected chi connectivity index (χ2v) is 7.30. The standard InChI is InChI=1S/C14H20N2O2S2/c1-12-6-7-13(5-4-8-15)11-14(12)20(17,18)16(2)9-10-19-3/h6-7,11H,8-10,15H2,1-3H3. The van der Waals surface area contributed by atoms with E-state index in [0.29, 0.717) is 17.0 Å². The molecule has 0 atom stereocenters. The van der Waals surface area contributed by atoms with Crippen molar-refractivity contribution in [3.63, 3.8) is 0 Å². The minimum atomic E-state index is -3.47. The van der Waals surface area contributed by atoms with E-state index >= 15 is 0 Å². The minimum Gasteiger partial charge on any atom is -0.320 e. The summed E-state index contributed by atoms with van der Waals surface area (Å²) < 4.78 is 26.4. The van der Waals surface area contributed by atoms with Crippen molar-refractivity contribution in [3.05, 3.63) is 29.3 Å². The lowest BCUT2D eigenvalue weighted by atomic mass is 10.1. The normalized spacial score (nSPS) is 11.2. The van der Waals surface area contributed by atoms with Crippen LogP contribution in [0.25, 0.3) is 0 Å². The van der Waals surface area contributed by atoms with Crippen LogP contribution in [-0.4, -0.2) is 44.9 Å². The van der Waals surface area contributed by atoms with Crippen molar-refractivity contribution in [1.29, 1.82) is 0 Å². The molecular weight excluding hydrogens is 292 g/mol. The van der Waals surface area contributed by atoms with Crippen molar-refractivity contribution in [2.45, 2.75) is 11.8 Å². The maximum absolute atomic E-state index is 12.5. The van der Waals surface area contributed by atoms with Gasteiger partial charge in [0.25, 0.3) is 0 Å². The van der Waals surface area contributed by atoms with Gasteiger partial charge in [0, 0.05) is 24.9 Å². The fourth-order valence-corrected chi connectivity index (χ4v) is 3.61. The summed E-state index contributed by atoms with van der Waals surface area (Å²) in [6, 6.07) is 5.19. The molecule has 4 nitrogen and oxygen atoms in total. The summed E-state index contributed by atoms with van der Waals surface area (Å²) in [6.45, 7) is 2.53. The molecule has 1 aromatic rings. The van der Waals surface area contributed by atoms with Gasteiger partial charge in [-0.3, -0.25) is 0 Å². The monoisotopic (exact) mass is 312 g/mol. The van der Waals surface area contributed by atoms with Gasteiger partial charge < -0.3 is 5.73 Å². The Balaban J connectivity index is 3.16. The third kappa shape index (κ3) is 4.25. The van der Waals surface area contributed by atoms with E-state index in [9.17, 15) is 8.42 Å². The van der Waals surface area contributed by atoms with Crippen molar-refractivity contribution in [3.8, 4) is 11.8 Å². The summed E-state index contributed by atoms with van der Waals surface area (Å²) in [5, 5.41) is 0. The van der Waals surface area contributed by atoms with Crippen LogP contribution >= 0.6 is 11.8 Å². The lowest BCUT2D eigenvalue weighted by Crippen LogP contribution is -2.29. The number of nitrogens with zero attached hydrogens (tertiary/aromatic N) is 1. The molecule has 0 aliphatic carbocycles. The van der Waals surface area contributed by atoms with Gasteiger partial charge in [-0.25, -0.2) is 12.7 Å². The molecule has 0 saturated heterocycles. The first-order valence-corrected chi connectivity index (χ1v) is 9.01. The van der Waals surface area contributed by atoms with Crippen molar-refractivity contribution in [2.24, 2.45) is 5.73 Å². The molecule has 0 unspecified atom stereocenters. The van der Waals surface area contributed by atoms with Gasteiger partial charge >= 0.3 is 0 Å². The predicted molar refractivity (Wildman–Crippen MR) is 85.3 cm³/mol. The molecule has 0 amide bonds. The minimum absolute atomic E-state index is 0.254. The van der Waals surface area contributed by atoms with Crippen LogP contribution in [0.4, 0.5) is 0 Å². The molecule has 110 valence electrons. The number of hydrogen-bond donors (Lipinski definition) is 1. The van der Waals surface area contributed by atoms with E-state index in [-0.39, 0.29) is 6.54 Å². The molecule has 2 N–H and O–H groups in total. The number of hydrogen-bond acceptors (Lipinski definition) is 4. The number of benzene rings is 1. The molecule has 0 heterocycles. The topological polar surface area (TPSA) is 63.4 Å². The van der Waals surface area contributed by atoms with E-state index < -0.39 is 10.0 Å². The van der Waals surface area contributed by atoms with Crippen LogP contribution in [0, 0.1) is 18.8 Å². The van der Waals surface area contributed by atoms with Gasteiger partial charge in [-0.05, 0) is 30.9 Å². The van der Waals surface area contributed by atoms with Crippen molar-refractivity contribution >= 4 is 21.8 Å². The number of thioether (sulfide) groups is 1. The Bertz CT molecular complexity index is 616. The van der Waals surface area contributed by atoms with Crippen molar-refractivity contribution in [1.82, 2.24) is 4.31 Å². The van der Waals surface area contributed by atoms with Crippen LogP contribution in [-0.2, 0) is 10.0 Å². The number of aryl methyl sites for hydroxylation is 1. The van der Waals surface area contributed by atoms with Gasteiger partial charge in [-0.2, -0.15) is 11.8 Å². The zero-order valence-electron chi connectivity index (χ0n) is 12.0. The number of sulfonamides is 1. The number of nitrogens with two attached hydrogens (primary N) is 1.